The van der Waals surface area contributed by atoms with Crippen LogP contribution in [-0.4, -0.2) is 15.1 Å². The van der Waals surface area contributed by atoms with Crippen molar-refractivity contribution in [3.63, 3.8) is 0 Å². The van der Waals surface area contributed by atoms with Crippen LogP contribution in [0.2, 0.25) is 0 Å². The van der Waals surface area contributed by atoms with Crippen molar-refractivity contribution in [2.24, 2.45) is 0 Å². The van der Waals surface area contributed by atoms with Crippen LogP contribution in [0.4, 0.5) is 0 Å². The molecular weight excluding hydrogens is 152 g/mol. The fraction of sp³-hybridized carbons (Fsp3) is 0.556. The normalized spacial score (nSPS) is 12.8. The molecule has 0 fully saturated rings. The zero-order valence-corrected chi connectivity index (χ0v) is 7.27. The molecule has 3 heteroatoms. The topological polar surface area (TPSA) is 46.0 Å². The Bertz CT molecular complexity index is 213. The van der Waals surface area contributed by atoms with Gasteiger partial charge in [0.15, 0.2) is 0 Å². The van der Waals surface area contributed by atoms with Gasteiger partial charge in [0.2, 0.25) is 0 Å². The van der Waals surface area contributed by atoms with E-state index in [1.54, 1.807) is 12.3 Å². The third-order valence-corrected chi connectivity index (χ3v) is 1.78. The monoisotopic (exact) mass is 166 g/mol. The smallest absolute Gasteiger partial charge is 0.115 e. The summed E-state index contributed by atoms with van der Waals surface area (Å²) in [5.41, 5.74) is 0.721. The molecule has 12 heavy (non-hydrogen) atoms. The largest absolute Gasteiger partial charge is 0.387 e. The molecule has 1 heterocycles. The van der Waals surface area contributed by atoms with Crippen LogP contribution < -0.4 is 0 Å². The number of aliphatic hydroxyl groups is 1. The first-order valence-corrected chi connectivity index (χ1v) is 4.28. The molecule has 0 aliphatic carbocycles. The van der Waals surface area contributed by atoms with E-state index >= 15 is 0 Å². The molecular formula is C9H14N2O. The van der Waals surface area contributed by atoms with Crippen LogP contribution in [0, 0.1) is 0 Å². The molecule has 1 N–H and O–H groups in total. The van der Waals surface area contributed by atoms with Gasteiger partial charge in [-0.15, -0.1) is 0 Å². The van der Waals surface area contributed by atoms with Crippen LogP contribution >= 0.6 is 0 Å². The van der Waals surface area contributed by atoms with Crippen LogP contribution in [0.3, 0.4) is 0 Å². The lowest BCUT2D eigenvalue weighted by molar-refractivity contribution is 0.159. The Labute approximate surface area is 72.5 Å². The highest BCUT2D eigenvalue weighted by atomic mass is 16.3. The molecule has 0 spiro atoms. The fourth-order valence-corrected chi connectivity index (χ4v) is 1.04. The van der Waals surface area contributed by atoms with Crippen LogP contribution in [0.15, 0.2) is 18.6 Å². The van der Waals surface area contributed by atoms with Gasteiger partial charge in [-0.1, -0.05) is 19.8 Å². The Balaban J connectivity index is 2.48. The zero-order valence-electron chi connectivity index (χ0n) is 7.27. The van der Waals surface area contributed by atoms with Crippen molar-refractivity contribution in [2.75, 3.05) is 0 Å². The Kier molecular flexibility index (Phi) is 3.67. The third kappa shape index (κ3) is 2.58. The Morgan fingerprint density at radius 1 is 1.58 bits per heavy atom. The summed E-state index contributed by atoms with van der Waals surface area (Å²) in [6.45, 7) is 2.10. The van der Waals surface area contributed by atoms with Crippen molar-refractivity contribution >= 4 is 0 Å². The summed E-state index contributed by atoms with van der Waals surface area (Å²) in [4.78, 5) is 7.76. The number of rotatable bonds is 4. The molecule has 1 atom stereocenters. The summed E-state index contributed by atoms with van der Waals surface area (Å²) >= 11 is 0. The van der Waals surface area contributed by atoms with Crippen molar-refractivity contribution in [3.8, 4) is 0 Å². The fourth-order valence-electron chi connectivity index (χ4n) is 1.04. The lowest BCUT2D eigenvalue weighted by Gasteiger charge is -2.07. The van der Waals surface area contributed by atoms with Gasteiger partial charge in [0.05, 0.1) is 11.8 Å². The SMILES string of the molecule is CCCCC(O)c1ccncn1. The molecule has 0 aliphatic rings. The second-order valence-corrected chi connectivity index (χ2v) is 2.79. The van der Waals surface area contributed by atoms with E-state index in [2.05, 4.69) is 16.9 Å². The zero-order chi connectivity index (χ0) is 8.81. The average molecular weight is 166 g/mol. The van der Waals surface area contributed by atoms with Crippen molar-refractivity contribution in [1.82, 2.24) is 9.97 Å². The first kappa shape index (κ1) is 9.13. The Morgan fingerprint density at radius 2 is 2.42 bits per heavy atom. The van der Waals surface area contributed by atoms with Crippen molar-refractivity contribution < 1.29 is 5.11 Å². The molecule has 0 saturated heterocycles. The van der Waals surface area contributed by atoms with Gasteiger partial charge in [-0.2, -0.15) is 0 Å². The van der Waals surface area contributed by atoms with Crippen molar-refractivity contribution in [1.29, 1.82) is 0 Å². The molecule has 0 bridgehead atoms. The molecule has 66 valence electrons. The van der Waals surface area contributed by atoms with Gasteiger partial charge >= 0.3 is 0 Å². The highest BCUT2D eigenvalue weighted by Crippen LogP contribution is 2.15. The number of unbranched alkanes of at least 4 members (excludes halogenated alkanes) is 1. The van der Waals surface area contributed by atoms with Crippen LogP contribution in [0.5, 0.6) is 0 Å². The Morgan fingerprint density at radius 3 is 3.00 bits per heavy atom. The van der Waals surface area contributed by atoms with Gasteiger partial charge in [-0.25, -0.2) is 9.97 Å². The maximum atomic E-state index is 9.56. The molecule has 0 aromatic carbocycles. The van der Waals surface area contributed by atoms with Crippen molar-refractivity contribution in [2.45, 2.75) is 32.3 Å². The Hall–Kier alpha value is -0.960. The summed E-state index contributed by atoms with van der Waals surface area (Å²) in [6.07, 6.45) is 5.61. The standard InChI is InChI=1S/C9H14N2O/c1-2-3-4-9(12)8-5-6-10-7-11-8/h5-7,9,12H,2-4H2,1H3. The van der Waals surface area contributed by atoms with Gasteiger partial charge in [-0.05, 0) is 12.5 Å². The third-order valence-electron chi connectivity index (χ3n) is 1.78. The second-order valence-electron chi connectivity index (χ2n) is 2.79. The highest BCUT2D eigenvalue weighted by molar-refractivity contribution is 5.01. The van der Waals surface area contributed by atoms with E-state index in [-0.39, 0.29) is 0 Å². The summed E-state index contributed by atoms with van der Waals surface area (Å²) in [7, 11) is 0. The van der Waals surface area contributed by atoms with Crippen molar-refractivity contribution in [3.05, 3.63) is 24.3 Å². The van der Waals surface area contributed by atoms with Crippen LogP contribution in [-0.2, 0) is 0 Å². The minimum atomic E-state index is -0.423. The summed E-state index contributed by atoms with van der Waals surface area (Å²) < 4.78 is 0. The quantitative estimate of drug-likeness (QED) is 0.740. The number of nitrogens with zero attached hydrogens (tertiary/aromatic N) is 2. The molecule has 0 amide bonds. The molecule has 1 rings (SSSR count). The van der Waals surface area contributed by atoms with Gasteiger partial charge in [0, 0.05) is 6.20 Å². The van der Waals surface area contributed by atoms with Crippen LogP contribution in [0.1, 0.15) is 38.0 Å². The number of hydrogen-bond acceptors (Lipinski definition) is 3. The molecule has 1 unspecified atom stereocenters. The predicted molar refractivity (Wildman–Crippen MR) is 46.5 cm³/mol. The molecule has 3 nitrogen and oxygen atoms in total. The molecule has 0 aliphatic heterocycles. The lowest BCUT2D eigenvalue weighted by atomic mass is 10.1. The number of hydrogen-bond donors (Lipinski definition) is 1. The minimum Gasteiger partial charge on any atom is -0.387 e. The highest BCUT2D eigenvalue weighted by Gasteiger charge is 2.06. The van der Waals surface area contributed by atoms with Gasteiger partial charge in [0.25, 0.3) is 0 Å². The van der Waals surface area contributed by atoms with E-state index < -0.39 is 6.10 Å². The summed E-state index contributed by atoms with van der Waals surface area (Å²) in [5.74, 6) is 0. The van der Waals surface area contributed by atoms with Gasteiger partial charge < -0.3 is 5.11 Å². The summed E-state index contributed by atoms with van der Waals surface area (Å²) in [6, 6.07) is 1.75. The first-order valence-electron chi connectivity index (χ1n) is 4.28. The number of aromatic nitrogens is 2. The molecule has 1 aromatic rings. The van der Waals surface area contributed by atoms with E-state index in [9.17, 15) is 5.11 Å². The number of aliphatic hydroxyl groups excluding tert-OH is 1. The first-order chi connectivity index (χ1) is 5.84. The maximum Gasteiger partial charge on any atom is 0.115 e. The molecule has 0 saturated carbocycles. The van der Waals surface area contributed by atoms with Crippen LogP contribution in [0.25, 0.3) is 0 Å². The van der Waals surface area contributed by atoms with E-state index in [0.717, 1.165) is 25.0 Å². The minimum absolute atomic E-state index is 0.423. The summed E-state index contributed by atoms with van der Waals surface area (Å²) in [5, 5.41) is 9.56. The molecule has 0 radical (unpaired) electrons. The van der Waals surface area contributed by atoms with E-state index in [0.29, 0.717) is 0 Å². The average Bonchev–Trinajstić information content (AvgIpc) is 2.15. The maximum absolute atomic E-state index is 9.56. The lowest BCUT2D eigenvalue weighted by Crippen LogP contribution is -1.99. The van der Waals surface area contributed by atoms with E-state index in [4.69, 9.17) is 0 Å². The van der Waals surface area contributed by atoms with E-state index in [1.165, 1.54) is 6.33 Å². The second kappa shape index (κ2) is 4.83. The van der Waals surface area contributed by atoms with E-state index in [1.807, 2.05) is 0 Å². The van der Waals surface area contributed by atoms with Gasteiger partial charge in [0.1, 0.15) is 6.33 Å². The molecule has 1 aromatic heterocycles. The van der Waals surface area contributed by atoms with Gasteiger partial charge in [-0.3, -0.25) is 0 Å². The predicted octanol–water partition coefficient (Wildman–Crippen LogP) is 1.70.